The van der Waals surface area contributed by atoms with Crippen LogP contribution >= 0.6 is 11.3 Å². The Hall–Kier alpha value is -3.73. The van der Waals surface area contributed by atoms with E-state index in [0.29, 0.717) is 17.2 Å². The van der Waals surface area contributed by atoms with Crippen LogP contribution in [-0.2, 0) is 12.7 Å². The SMILES string of the molecule is C=C(Nc1ccc(CN2CCN(CC)CC2)c(C(F)(F)F)c1)c1ccc(C)c(/C=C/c2csc3c(N)ncnc23)c1. The van der Waals surface area contributed by atoms with Gasteiger partial charge in [-0.05, 0) is 53.9 Å². The van der Waals surface area contributed by atoms with Crippen molar-refractivity contribution in [2.75, 3.05) is 43.8 Å². The number of nitrogens with zero attached hydrogens (tertiary/aromatic N) is 4. The number of nitrogens with two attached hydrogens (primary N) is 1. The van der Waals surface area contributed by atoms with Crippen molar-refractivity contribution in [3.05, 3.63) is 88.1 Å². The number of nitrogens with one attached hydrogen (secondary N) is 1. The first kappa shape index (κ1) is 28.8. The molecule has 5 rings (SSSR count). The molecule has 2 aromatic carbocycles. The zero-order valence-corrected chi connectivity index (χ0v) is 23.9. The van der Waals surface area contributed by atoms with Crippen LogP contribution in [0.3, 0.4) is 0 Å². The van der Waals surface area contributed by atoms with E-state index in [0.717, 1.165) is 65.2 Å². The molecule has 0 spiro atoms. The summed E-state index contributed by atoms with van der Waals surface area (Å²) in [6.45, 7) is 12.7. The van der Waals surface area contributed by atoms with E-state index >= 15 is 0 Å². The number of hydrogen-bond acceptors (Lipinski definition) is 7. The largest absolute Gasteiger partial charge is 0.416 e. The van der Waals surface area contributed by atoms with Gasteiger partial charge in [0.15, 0.2) is 0 Å². The second-order valence-electron chi connectivity index (χ2n) is 10.2. The number of hydrogen-bond donors (Lipinski definition) is 2. The molecule has 3 N–H and O–H groups in total. The number of rotatable bonds is 8. The second-order valence-corrected chi connectivity index (χ2v) is 11.1. The Kier molecular flexibility index (Phi) is 8.44. The predicted octanol–water partition coefficient (Wildman–Crippen LogP) is 6.99. The highest BCUT2D eigenvalue weighted by Crippen LogP contribution is 2.35. The highest BCUT2D eigenvalue weighted by Gasteiger charge is 2.34. The summed E-state index contributed by atoms with van der Waals surface area (Å²) >= 11 is 1.49. The minimum atomic E-state index is -4.46. The van der Waals surface area contributed by atoms with Gasteiger partial charge in [-0.3, -0.25) is 4.90 Å². The monoisotopic (exact) mass is 578 g/mol. The topological polar surface area (TPSA) is 70.3 Å². The fraction of sp³-hybridized carbons (Fsp3) is 0.290. The minimum Gasteiger partial charge on any atom is -0.382 e. The molecule has 214 valence electrons. The minimum absolute atomic E-state index is 0.277. The van der Waals surface area contributed by atoms with Gasteiger partial charge in [0.05, 0.1) is 15.8 Å². The van der Waals surface area contributed by atoms with Crippen molar-refractivity contribution in [3.63, 3.8) is 0 Å². The van der Waals surface area contributed by atoms with Crippen molar-refractivity contribution >= 4 is 50.9 Å². The van der Waals surface area contributed by atoms with Gasteiger partial charge >= 0.3 is 6.18 Å². The maximum atomic E-state index is 14.1. The fourth-order valence-electron chi connectivity index (χ4n) is 5.00. The third-order valence-electron chi connectivity index (χ3n) is 7.50. The lowest BCUT2D eigenvalue weighted by Gasteiger charge is -2.34. The summed E-state index contributed by atoms with van der Waals surface area (Å²) < 4.78 is 43.1. The molecule has 1 fully saturated rings. The first-order chi connectivity index (χ1) is 19.6. The number of piperazine rings is 1. The molecule has 2 aromatic heterocycles. The average Bonchev–Trinajstić information content (AvgIpc) is 3.37. The number of anilines is 2. The molecule has 0 aliphatic carbocycles. The summed E-state index contributed by atoms with van der Waals surface area (Å²) in [5, 5.41) is 5.08. The van der Waals surface area contributed by atoms with Crippen LogP contribution in [0.5, 0.6) is 0 Å². The molecule has 0 saturated carbocycles. The lowest BCUT2D eigenvalue weighted by Crippen LogP contribution is -2.45. The summed E-state index contributed by atoms with van der Waals surface area (Å²) in [7, 11) is 0. The van der Waals surface area contributed by atoms with Gasteiger partial charge in [-0.2, -0.15) is 13.2 Å². The number of aryl methyl sites for hydroxylation is 1. The van der Waals surface area contributed by atoms with Crippen LogP contribution in [0.15, 0.2) is 54.7 Å². The fourth-order valence-corrected chi connectivity index (χ4v) is 5.89. The Balaban J connectivity index is 1.33. The molecule has 6 nitrogen and oxygen atoms in total. The summed E-state index contributed by atoms with van der Waals surface area (Å²) in [6, 6.07) is 10.3. The van der Waals surface area contributed by atoms with E-state index in [1.165, 1.54) is 23.7 Å². The quantitative estimate of drug-likeness (QED) is 0.235. The Morgan fingerprint density at radius 2 is 1.78 bits per heavy atom. The summed E-state index contributed by atoms with van der Waals surface area (Å²) in [5.41, 5.74) is 11.0. The van der Waals surface area contributed by atoms with Crippen LogP contribution in [0.25, 0.3) is 28.1 Å². The van der Waals surface area contributed by atoms with Crippen LogP contribution in [0.4, 0.5) is 24.7 Å². The molecular weight excluding hydrogens is 545 g/mol. The molecule has 41 heavy (non-hydrogen) atoms. The second kappa shape index (κ2) is 12.0. The zero-order valence-electron chi connectivity index (χ0n) is 23.1. The van der Waals surface area contributed by atoms with Gasteiger partial charge in [0, 0.05) is 55.1 Å². The number of alkyl halides is 3. The van der Waals surface area contributed by atoms with Crippen molar-refractivity contribution < 1.29 is 13.2 Å². The van der Waals surface area contributed by atoms with Crippen LogP contribution in [0.2, 0.25) is 0 Å². The Bertz CT molecular complexity index is 1580. The predicted molar refractivity (Wildman–Crippen MR) is 163 cm³/mol. The van der Waals surface area contributed by atoms with Crippen LogP contribution < -0.4 is 11.1 Å². The lowest BCUT2D eigenvalue weighted by molar-refractivity contribution is -0.138. The Labute approximate surface area is 242 Å². The summed E-state index contributed by atoms with van der Waals surface area (Å²) in [5.74, 6) is 0.455. The van der Waals surface area contributed by atoms with E-state index < -0.39 is 11.7 Å². The highest BCUT2D eigenvalue weighted by molar-refractivity contribution is 7.18. The van der Waals surface area contributed by atoms with Crippen LogP contribution in [0.1, 0.15) is 40.3 Å². The Morgan fingerprint density at radius 1 is 1.05 bits per heavy atom. The third kappa shape index (κ3) is 6.61. The lowest BCUT2D eigenvalue weighted by atomic mass is 10.0. The van der Waals surface area contributed by atoms with E-state index in [2.05, 4.69) is 38.6 Å². The van der Waals surface area contributed by atoms with Gasteiger partial charge in [-0.15, -0.1) is 11.3 Å². The summed E-state index contributed by atoms with van der Waals surface area (Å²) in [6.07, 6.45) is 0.961. The summed E-state index contributed by atoms with van der Waals surface area (Å²) in [4.78, 5) is 12.8. The Morgan fingerprint density at radius 3 is 2.51 bits per heavy atom. The van der Waals surface area contributed by atoms with E-state index in [1.807, 2.05) is 42.7 Å². The van der Waals surface area contributed by atoms with E-state index in [1.54, 1.807) is 12.1 Å². The smallest absolute Gasteiger partial charge is 0.382 e. The molecule has 3 heterocycles. The van der Waals surface area contributed by atoms with Crippen molar-refractivity contribution in [2.45, 2.75) is 26.6 Å². The molecule has 0 unspecified atom stereocenters. The van der Waals surface area contributed by atoms with Crippen molar-refractivity contribution in [1.29, 1.82) is 0 Å². The van der Waals surface area contributed by atoms with E-state index in [-0.39, 0.29) is 12.1 Å². The van der Waals surface area contributed by atoms with E-state index in [9.17, 15) is 13.2 Å². The number of benzene rings is 2. The number of likely N-dealkylation sites (N-methyl/N-ethyl adjacent to an activating group) is 1. The van der Waals surface area contributed by atoms with E-state index in [4.69, 9.17) is 5.73 Å². The standard InChI is InChI=1S/C31H33F3N6S/c1-4-39-11-13-40(14-12-39)17-24-9-10-26(16-27(24)31(32,33)34)38-21(3)23-6-5-20(2)22(15-23)7-8-25-18-41-29-28(25)36-19-37-30(29)35/h5-10,15-16,18-19,38H,3-4,11-14,17H2,1-2H3,(H2,35,36,37)/b8-7+. The van der Waals surface area contributed by atoms with Gasteiger partial charge in [0.2, 0.25) is 0 Å². The van der Waals surface area contributed by atoms with Crippen LogP contribution in [0, 0.1) is 6.92 Å². The van der Waals surface area contributed by atoms with Crippen molar-refractivity contribution in [1.82, 2.24) is 19.8 Å². The average molecular weight is 579 g/mol. The first-order valence-electron chi connectivity index (χ1n) is 13.5. The molecule has 0 radical (unpaired) electrons. The van der Waals surface area contributed by atoms with Crippen molar-refractivity contribution in [3.8, 4) is 0 Å². The number of halogens is 3. The highest BCUT2D eigenvalue weighted by atomic mass is 32.1. The molecule has 0 bridgehead atoms. The molecule has 4 aromatic rings. The molecule has 0 amide bonds. The number of nitrogen functional groups attached to an aromatic ring is 1. The third-order valence-corrected chi connectivity index (χ3v) is 8.51. The number of thiophene rings is 1. The van der Waals surface area contributed by atoms with Crippen LogP contribution in [-0.4, -0.2) is 52.5 Å². The molecular formula is C31H33F3N6S. The van der Waals surface area contributed by atoms with Gasteiger partial charge in [-0.25, -0.2) is 9.97 Å². The maximum Gasteiger partial charge on any atom is 0.416 e. The van der Waals surface area contributed by atoms with Gasteiger partial charge in [-0.1, -0.05) is 43.9 Å². The first-order valence-corrected chi connectivity index (χ1v) is 14.4. The molecule has 1 saturated heterocycles. The van der Waals surface area contributed by atoms with Gasteiger partial charge in [0.1, 0.15) is 12.1 Å². The number of aromatic nitrogens is 2. The molecule has 0 atom stereocenters. The number of fused-ring (bicyclic) bond motifs is 1. The zero-order chi connectivity index (χ0) is 29.1. The van der Waals surface area contributed by atoms with Crippen molar-refractivity contribution in [2.24, 2.45) is 0 Å². The van der Waals surface area contributed by atoms with Gasteiger partial charge in [0.25, 0.3) is 0 Å². The van der Waals surface area contributed by atoms with Gasteiger partial charge < -0.3 is 16.0 Å². The molecule has 1 aliphatic heterocycles. The molecule has 10 heteroatoms. The molecule has 1 aliphatic rings. The normalized spacial score (nSPS) is 15.1. The maximum absolute atomic E-state index is 14.1.